The molecule has 1 saturated carbocycles. The van der Waals surface area contributed by atoms with Crippen molar-refractivity contribution in [3.63, 3.8) is 0 Å². The van der Waals surface area contributed by atoms with Crippen molar-refractivity contribution in [1.29, 1.82) is 0 Å². The average molecular weight is 258 g/mol. The minimum absolute atomic E-state index is 0.306. The van der Waals surface area contributed by atoms with Gasteiger partial charge in [0.25, 0.3) is 0 Å². The van der Waals surface area contributed by atoms with E-state index in [0.717, 1.165) is 12.5 Å². The van der Waals surface area contributed by atoms with Crippen molar-refractivity contribution in [3.05, 3.63) is 0 Å². The summed E-state index contributed by atoms with van der Waals surface area (Å²) < 4.78 is 0. The molecule has 1 aliphatic rings. The van der Waals surface area contributed by atoms with Gasteiger partial charge in [-0.1, -0.05) is 19.8 Å². The maximum absolute atomic E-state index is 6.08. The normalized spacial score (nSPS) is 29.8. The Morgan fingerprint density at radius 3 is 2.47 bits per heavy atom. The molecule has 3 heteroatoms. The third-order valence-electron chi connectivity index (χ3n) is 4.55. The highest BCUT2D eigenvalue weighted by molar-refractivity contribution is 7.98. The van der Waals surface area contributed by atoms with Crippen molar-refractivity contribution in [3.8, 4) is 0 Å². The molecule has 0 unspecified atom stereocenters. The molecule has 0 aromatic carbocycles. The molecule has 1 aliphatic carbocycles. The molecule has 0 atom stereocenters. The van der Waals surface area contributed by atoms with E-state index in [0.29, 0.717) is 5.54 Å². The molecule has 1 rings (SSSR count). The highest BCUT2D eigenvalue weighted by Gasteiger charge is 2.36. The SMILES string of the molecule is CCCC1CCC(CN)(N(C)CCSC)CC1. The summed E-state index contributed by atoms with van der Waals surface area (Å²) in [7, 11) is 2.27. The Morgan fingerprint density at radius 1 is 1.35 bits per heavy atom. The highest BCUT2D eigenvalue weighted by Crippen LogP contribution is 2.37. The summed E-state index contributed by atoms with van der Waals surface area (Å²) in [6, 6.07) is 0. The van der Waals surface area contributed by atoms with Gasteiger partial charge >= 0.3 is 0 Å². The van der Waals surface area contributed by atoms with Gasteiger partial charge in [0.05, 0.1) is 0 Å². The van der Waals surface area contributed by atoms with Crippen LogP contribution in [0.4, 0.5) is 0 Å². The van der Waals surface area contributed by atoms with Crippen LogP contribution in [0.15, 0.2) is 0 Å². The van der Waals surface area contributed by atoms with Crippen LogP contribution in [0, 0.1) is 5.92 Å². The maximum Gasteiger partial charge on any atom is 0.0329 e. The van der Waals surface area contributed by atoms with Crippen LogP contribution in [0.25, 0.3) is 0 Å². The number of thioether (sulfide) groups is 1. The first kappa shape index (κ1) is 15.3. The molecule has 0 aromatic rings. The van der Waals surface area contributed by atoms with Gasteiger partial charge < -0.3 is 5.73 Å². The van der Waals surface area contributed by atoms with Crippen molar-refractivity contribution in [1.82, 2.24) is 4.90 Å². The smallest absolute Gasteiger partial charge is 0.0329 e. The van der Waals surface area contributed by atoms with Crippen LogP contribution in [0.3, 0.4) is 0 Å². The Labute approximate surface area is 112 Å². The van der Waals surface area contributed by atoms with E-state index in [1.165, 1.54) is 50.8 Å². The molecule has 0 bridgehead atoms. The van der Waals surface area contributed by atoms with Gasteiger partial charge in [-0.3, -0.25) is 4.90 Å². The first-order valence-electron chi connectivity index (χ1n) is 7.08. The minimum atomic E-state index is 0.306. The molecule has 0 amide bonds. The van der Waals surface area contributed by atoms with Crippen molar-refractivity contribution in [2.75, 3.05) is 32.1 Å². The molecule has 17 heavy (non-hydrogen) atoms. The number of nitrogens with zero attached hydrogens (tertiary/aromatic N) is 1. The molecule has 0 saturated heterocycles. The molecular formula is C14H30N2S. The van der Waals surface area contributed by atoms with Gasteiger partial charge in [-0.15, -0.1) is 0 Å². The van der Waals surface area contributed by atoms with Crippen molar-refractivity contribution in [2.24, 2.45) is 11.7 Å². The molecule has 0 aliphatic heterocycles. The Morgan fingerprint density at radius 2 is 2.00 bits per heavy atom. The van der Waals surface area contributed by atoms with Crippen molar-refractivity contribution in [2.45, 2.75) is 51.0 Å². The Balaban J connectivity index is 2.48. The fourth-order valence-electron chi connectivity index (χ4n) is 3.12. The maximum atomic E-state index is 6.08. The Hall–Kier alpha value is 0.270. The lowest BCUT2D eigenvalue weighted by Crippen LogP contribution is -2.54. The van der Waals surface area contributed by atoms with Gasteiger partial charge in [-0.05, 0) is 44.9 Å². The number of nitrogens with two attached hydrogens (primary N) is 1. The predicted molar refractivity (Wildman–Crippen MR) is 79.7 cm³/mol. The molecule has 0 radical (unpaired) electrons. The standard InChI is InChI=1S/C14H30N2S/c1-4-5-13-6-8-14(12-15,9-7-13)16(2)10-11-17-3/h13H,4-12,15H2,1-3H3. The molecule has 2 nitrogen and oxygen atoms in total. The molecule has 1 fully saturated rings. The molecule has 102 valence electrons. The van der Waals surface area contributed by atoms with Gasteiger partial charge in [0.2, 0.25) is 0 Å². The summed E-state index contributed by atoms with van der Waals surface area (Å²) in [5.41, 5.74) is 6.39. The third-order valence-corrected chi connectivity index (χ3v) is 5.14. The first-order chi connectivity index (χ1) is 8.18. The lowest BCUT2D eigenvalue weighted by molar-refractivity contribution is 0.0684. The Kier molecular flexibility index (Phi) is 6.90. The van der Waals surface area contributed by atoms with Crippen LogP contribution in [0.1, 0.15) is 45.4 Å². The van der Waals surface area contributed by atoms with E-state index in [9.17, 15) is 0 Å². The summed E-state index contributed by atoms with van der Waals surface area (Å²) in [5, 5.41) is 0. The monoisotopic (exact) mass is 258 g/mol. The first-order valence-corrected chi connectivity index (χ1v) is 8.48. The number of hydrogen-bond donors (Lipinski definition) is 1. The number of likely N-dealkylation sites (N-methyl/N-ethyl adjacent to an activating group) is 1. The zero-order chi connectivity index (χ0) is 12.7. The van der Waals surface area contributed by atoms with Crippen LogP contribution in [0.5, 0.6) is 0 Å². The van der Waals surface area contributed by atoms with E-state index in [-0.39, 0.29) is 0 Å². The van der Waals surface area contributed by atoms with E-state index in [2.05, 4.69) is 25.1 Å². The number of hydrogen-bond acceptors (Lipinski definition) is 3. The van der Waals surface area contributed by atoms with Crippen LogP contribution < -0.4 is 5.73 Å². The lowest BCUT2D eigenvalue weighted by atomic mass is 9.74. The van der Waals surface area contributed by atoms with Gasteiger partial charge in [0.15, 0.2) is 0 Å². The van der Waals surface area contributed by atoms with Gasteiger partial charge in [-0.25, -0.2) is 0 Å². The number of rotatable bonds is 7. The molecular weight excluding hydrogens is 228 g/mol. The van der Waals surface area contributed by atoms with E-state index in [1.54, 1.807) is 0 Å². The lowest BCUT2D eigenvalue weighted by Gasteiger charge is -2.46. The summed E-state index contributed by atoms with van der Waals surface area (Å²) in [6.07, 6.45) is 10.3. The quantitative estimate of drug-likeness (QED) is 0.761. The summed E-state index contributed by atoms with van der Waals surface area (Å²) >= 11 is 1.93. The molecule has 2 N–H and O–H groups in total. The zero-order valence-electron chi connectivity index (χ0n) is 11.9. The van der Waals surface area contributed by atoms with Gasteiger partial charge in [0.1, 0.15) is 0 Å². The van der Waals surface area contributed by atoms with Crippen LogP contribution >= 0.6 is 11.8 Å². The molecule has 0 heterocycles. The van der Waals surface area contributed by atoms with Gasteiger partial charge in [-0.2, -0.15) is 11.8 Å². The van der Waals surface area contributed by atoms with E-state index >= 15 is 0 Å². The fraction of sp³-hybridized carbons (Fsp3) is 1.00. The topological polar surface area (TPSA) is 29.3 Å². The van der Waals surface area contributed by atoms with Crippen LogP contribution in [-0.4, -0.2) is 42.6 Å². The highest BCUT2D eigenvalue weighted by atomic mass is 32.2. The second-order valence-electron chi connectivity index (χ2n) is 5.57. The van der Waals surface area contributed by atoms with Crippen molar-refractivity contribution < 1.29 is 0 Å². The fourth-order valence-corrected chi connectivity index (χ4v) is 3.58. The average Bonchev–Trinajstić information content (AvgIpc) is 2.37. The predicted octanol–water partition coefficient (Wildman–Crippen LogP) is 2.97. The van der Waals surface area contributed by atoms with E-state index in [4.69, 9.17) is 5.73 Å². The van der Waals surface area contributed by atoms with Crippen LogP contribution in [-0.2, 0) is 0 Å². The summed E-state index contributed by atoms with van der Waals surface area (Å²) in [4.78, 5) is 2.53. The van der Waals surface area contributed by atoms with E-state index < -0.39 is 0 Å². The van der Waals surface area contributed by atoms with Crippen molar-refractivity contribution >= 4 is 11.8 Å². The van der Waals surface area contributed by atoms with Crippen LogP contribution in [0.2, 0.25) is 0 Å². The van der Waals surface area contributed by atoms with E-state index in [1.807, 2.05) is 11.8 Å². The third kappa shape index (κ3) is 4.15. The minimum Gasteiger partial charge on any atom is -0.329 e. The summed E-state index contributed by atoms with van der Waals surface area (Å²) in [6.45, 7) is 4.31. The molecule has 0 aromatic heterocycles. The largest absolute Gasteiger partial charge is 0.329 e. The second-order valence-corrected chi connectivity index (χ2v) is 6.56. The second kappa shape index (κ2) is 7.65. The van der Waals surface area contributed by atoms with Gasteiger partial charge in [0, 0.05) is 24.4 Å². The zero-order valence-corrected chi connectivity index (χ0v) is 12.7. The molecule has 0 spiro atoms. The summed E-state index contributed by atoms with van der Waals surface area (Å²) in [5.74, 6) is 2.19. The Bertz CT molecular complexity index is 200.